The third-order valence-corrected chi connectivity index (χ3v) is 2.01. The Hall–Kier alpha value is -1.16. The van der Waals surface area contributed by atoms with E-state index in [1.165, 1.54) is 6.33 Å². The van der Waals surface area contributed by atoms with Gasteiger partial charge in [-0.15, -0.1) is 0 Å². The number of hydrogen-bond donors (Lipinski definition) is 2. The highest BCUT2D eigenvalue weighted by Crippen LogP contribution is 2.18. The summed E-state index contributed by atoms with van der Waals surface area (Å²) in [6, 6.07) is 0. The molecule has 0 aromatic carbocycles. The van der Waals surface area contributed by atoms with Crippen LogP contribution in [0.3, 0.4) is 0 Å². The fourth-order valence-electron chi connectivity index (χ4n) is 1.20. The lowest BCUT2D eigenvalue weighted by Gasteiger charge is -2.20. The number of carbonyl (C=O) groups excluding carboxylic acids is 1. The number of hydrogen-bond acceptors (Lipinski definition) is 3. The number of aromatic nitrogens is 2. The molecule has 1 aromatic rings. The Balaban J connectivity index is 2.59. The maximum atomic E-state index is 11.6. The van der Waals surface area contributed by atoms with Gasteiger partial charge in [0.25, 0.3) is 0 Å². The van der Waals surface area contributed by atoms with Gasteiger partial charge in [0.2, 0.25) is 0 Å². The van der Waals surface area contributed by atoms with Crippen molar-refractivity contribution in [3.8, 4) is 0 Å². The summed E-state index contributed by atoms with van der Waals surface area (Å²) < 4.78 is 0. The molecule has 0 aliphatic rings. The third-order valence-electron chi connectivity index (χ3n) is 2.01. The molecular formula is C10H16N2O2. The number of nitrogens with one attached hydrogen (secondary N) is 1. The first kappa shape index (κ1) is 10.9. The number of nitrogens with zero attached hydrogens (tertiary/aromatic N) is 1. The molecule has 4 nitrogen and oxygen atoms in total. The molecule has 1 heterocycles. The quantitative estimate of drug-likeness (QED) is 0.755. The fourth-order valence-corrected chi connectivity index (χ4v) is 1.20. The minimum Gasteiger partial charge on any atom is -0.385 e. The van der Waals surface area contributed by atoms with E-state index in [2.05, 4.69) is 9.97 Å². The van der Waals surface area contributed by atoms with Crippen LogP contribution in [-0.4, -0.2) is 27.0 Å². The van der Waals surface area contributed by atoms with E-state index in [0.717, 1.165) is 5.69 Å². The number of ketones is 1. The third kappa shape index (κ3) is 2.67. The van der Waals surface area contributed by atoms with E-state index in [4.69, 9.17) is 0 Å². The normalized spacial score (nSPS) is 14.0. The zero-order valence-electron chi connectivity index (χ0n) is 8.74. The summed E-state index contributed by atoms with van der Waals surface area (Å²) in [7, 11) is 0. The van der Waals surface area contributed by atoms with Crippen LogP contribution in [0.1, 0.15) is 26.5 Å². The van der Waals surface area contributed by atoms with Crippen molar-refractivity contribution in [2.45, 2.75) is 33.3 Å². The van der Waals surface area contributed by atoms with E-state index in [0.29, 0.717) is 6.42 Å². The number of aromatic amines is 1. The number of H-pyrrole nitrogens is 1. The molecule has 0 radical (unpaired) electrons. The van der Waals surface area contributed by atoms with Crippen molar-refractivity contribution in [3.63, 3.8) is 0 Å². The monoisotopic (exact) mass is 196 g/mol. The lowest BCUT2D eigenvalue weighted by atomic mass is 9.86. The van der Waals surface area contributed by atoms with E-state index in [9.17, 15) is 9.90 Å². The highest BCUT2D eigenvalue weighted by Gasteiger charge is 2.28. The zero-order chi connectivity index (χ0) is 10.8. The first-order valence-electron chi connectivity index (χ1n) is 4.61. The molecule has 0 saturated carbocycles. The van der Waals surface area contributed by atoms with Gasteiger partial charge < -0.3 is 10.1 Å². The van der Waals surface area contributed by atoms with E-state index in [1.807, 2.05) is 0 Å². The van der Waals surface area contributed by atoms with E-state index in [-0.39, 0.29) is 5.78 Å². The van der Waals surface area contributed by atoms with E-state index in [1.54, 1.807) is 27.0 Å². The van der Waals surface area contributed by atoms with Crippen LogP contribution < -0.4 is 0 Å². The van der Waals surface area contributed by atoms with E-state index >= 15 is 0 Å². The topological polar surface area (TPSA) is 66.0 Å². The Morgan fingerprint density at radius 1 is 1.64 bits per heavy atom. The second-order valence-corrected chi connectivity index (χ2v) is 4.41. The number of aliphatic hydroxyl groups is 1. The van der Waals surface area contributed by atoms with Crippen molar-refractivity contribution in [3.05, 3.63) is 18.2 Å². The van der Waals surface area contributed by atoms with Crippen molar-refractivity contribution in [1.29, 1.82) is 0 Å². The number of imidazole rings is 1. The summed E-state index contributed by atoms with van der Waals surface area (Å²) >= 11 is 0. The van der Waals surface area contributed by atoms with Crippen molar-refractivity contribution >= 4 is 5.78 Å². The first-order chi connectivity index (χ1) is 6.41. The van der Waals surface area contributed by atoms with Gasteiger partial charge in [-0.1, -0.05) is 20.8 Å². The summed E-state index contributed by atoms with van der Waals surface area (Å²) in [4.78, 5) is 18.3. The lowest BCUT2D eigenvalue weighted by molar-refractivity contribution is -0.134. The Morgan fingerprint density at radius 2 is 2.29 bits per heavy atom. The Morgan fingerprint density at radius 3 is 2.71 bits per heavy atom. The van der Waals surface area contributed by atoms with Gasteiger partial charge in [-0.3, -0.25) is 4.79 Å². The minimum atomic E-state index is -0.949. The SMILES string of the molecule is CC(C)(C)C(=O)[C@@H](O)Cc1cnc[nH]1. The van der Waals surface area contributed by atoms with Crippen LogP contribution in [-0.2, 0) is 11.2 Å². The molecule has 0 aliphatic carbocycles. The number of carbonyl (C=O) groups is 1. The van der Waals surface area contributed by atoms with Gasteiger partial charge in [0.15, 0.2) is 5.78 Å². The van der Waals surface area contributed by atoms with Gasteiger partial charge in [0.1, 0.15) is 6.10 Å². The molecule has 4 heteroatoms. The van der Waals surface area contributed by atoms with Crippen molar-refractivity contribution in [1.82, 2.24) is 9.97 Å². The molecule has 1 atom stereocenters. The predicted molar refractivity (Wildman–Crippen MR) is 52.8 cm³/mol. The summed E-state index contributed by atoms with van der Waals surface area (Å²) in [6.07, 6.45) is 2.49. The molecule has 2 N–H and O–H groups in total. The fraction of sp³-hybridized carbons (Fsp3) is 0.600. The van der Waals surface area contributed by atoms with Crippen LogP contribution in [0.4, 0.5) is 0 Å². The van der Waals surface area contributed by atoms with Gasteiger partial charge in [0, 0.05) is 23.7 Å². The van der Waals surface area contributed by atoms with Crippen molar-refractivity contribution in [2.24, 2.45) is 5.41 Å². The van der Waals surface area contributed by atoms with Crippen LogP contribution in [0, 0.1) is 5.41 Å². The standard InChI is InChI=1S/C10H16N2O2/c1-10(2,3)9(14)8(13)4-7-5-11-6-12-7/h5-6,8,13H,4H2,1-3H3,(H,11,12)/t8-/m0/s1. The predicted octanol–water partition coefficient (Wildman–Crippen LogP) is 0.928. The number of rotatable bonds is 3. The average molecular weight is 196 g/mol. The average Bonchev–Trinajstić information content (AvgIpc) is 2.53. The van der Waals surface area contributed by atoms with Gasteiger partial charge in [-0.25, -0.2) is 4.98 Å². The molecule has 0 fully saturated rings. The zero-order valence-corrected chi connectivity index (χ0v) is 8.74. The molecule has 0 aliphatic heterocycles. The maximum absolute atomic E-state index is 11.6. The summed E-state index contributed by atoms with van der Waals surface area (Å²) in [5.41, 5.74) is 0.273. The lowest BCUT2D eigenvalue weighted by Crippen LogP contribution is -2.33. The molecule has 1 rings (SSSR count). The second-order valence-electron chi connectivity index (χ2n) is 4.41. The number of aliphatic hydroxyl groups excluding tert-OH is 1. The highest BCUT2D eigenvalue weighted by atomic mass is 16.3. The van der Waals surface area contributed by atoms with Crippen LogP contribution in [0.15, 0.2) is 12.5 Å². The summed E-state index contributed by atoms with van der Waals surface area (Å²) in [5.74, 6) is -0.146. The summed E-state index contributed by atoms with van der Waals surface area (Å²) in [6.45, 7) is 5.39. The van der Waals surface area contributed by atoms with Crippen molar-refractivity contribution in [2.75, 3.05) is 0 Å². The molecule has 0 unspecified atom stereocenters. The van der Waals surface area contributed by atoms with Gasteiger partial charge in [-0.2, -0.15) is 0 Å². The van der Waals surface area contributed by atoms with Crippen molar-refractivity contribution < 1.29 is 9.90 Å². The smallest absolute Gasteiger partial charge is 0.166 e. The first-order valence-corrected chi connectivity index (χ1v) is 4.61. The highest BCUT2D eigenvalue weighted by molar-refractivity contribution is 5.87. The molecule has 0 amide bonds. The van der Waals surface area contributed by atoms with Crippen LogP contribution in [0.25, 0.3) is 0 Å². The Labute approximate surface area is 83.4 Å². The van der Waals surface area contributed by atoms with Crippen LogP contribution in [0.5, 0.6) is 0 Å². The van der Waals surface area contributed by atoms with Crippen LogP contribution in [0.2, 0.25) is 0 Å². The molecule has 0 spiro atoms. The maximum Gasteiger partial charge on any atom is 0.166 e. The molecular weight excluding hydrogens is 180 g/mol. The second kappa shape index (κ2) is 3.92. The Kier molecular flexibility index (Phi) is 3.06. The molecule has 0 saturated heterocycles. The molecule has 0 bridgehead atoms. The summed E-state index contributed by atoms with van der Waals surface area (Å²) in [5, 5.41) is 9.63. The molecule has 14 heavy (non-hydrogen) atoms. The van der Waals surface area contributed by atoms with Gasteiger partial charge in [-0.05, 0) is 0 Å². The largest absolute Gasteiger partial charge is 0.385 e. The minimum absolute atomic E-state index is 0.146. The van der Waals surface area contributed by atoms with Gasteiger partial charge in [0.05, 0.1) is 6.33 Å². The molecule has 1 aromatic heterocycles. The Bertz CT molecular complexity index is 298. The van der Waals surface area contributed by atoms with Gasteiger partial charge >= 0.3 is 0 Å². The number of Topliss-reactive ketones (excluding diaryl/α,β-unsaturated/α-hetero) is 1. The van der Waals surface area contributed by atoms with E-state index < -0.39 is 11.5 Å². The molecule has 78 valence electrons. The van der Waals surface area contributed by atoms with Crippen LogP contribution >= 0.6 is 0 Å².